The van der Waals surface area contributed by atoms with Crippen LogP contribution < -0.4 is 14.2 Å². The van der Waals surface area contributed by atoms with Gasteiger partial charge in [-0.15, -0.1) is 0 Å². The van der Waals surface area contributed by atoms with Gasteiger partial charge in [-0.3, -0.25) is 0 Å². The minimum Gasteiger partial charge on any atom is -0.493 e. The van der Waals surface area contributed by atoms with Gasteiger partial charge in [0.25, 0.3) is 0 Å². The molecule has 2 aromatic carbocycles. The molecule has 0 bridgehead atoms. The number of benzene rings is 2. The van der Waals surface area contributed by atoms with Crippen molar-refractivity contribution in [2.75, 3.05) is 21.3 Å². The number of nitrogens with zero attached hydrogens (tertiary/aromatic N) is 2. The Morgan fingerprint density at radius 1 is 1.08 bits per heavy atom. The highest BCUT2D eigenvalue weighted by Crippen LogP contribution is 2.39. The zero-order valence-corrected chi connectivity index (χ0v) is 15.1. The van der Waals surface area contributed by atoms with E-state index < -0.39 is 0 Å². The minimum atomic E-state index is 0.410. The summed E-state index contributed by atoms with van der Waals surface area (Å²) in [7, 11) is 4.65. The molecule has 0 aliphatic rings. The van der Waals surface area contributed by atoms with Crippen molar-refractivity contribution < 1.29 is 14.2 Å². The molecule has 0 atom stereocenters. The largest absolute Gasteiger partial charge is 0.493 e. The first-order valence-corrected chi connectivity index (χ1v) is 7.98. The Labute approximate surface area is 151 Å². The van der Waals surface area contributed by atoms with Crippen molar-refractivity contribution in [3.8, 4) is 23.3 Å². The van der Waals surface area contributed by atoms with Crippen molar-refractivity contribution in [3.63, 3.8) is 0 Å². The Kier molecular flexibility index (Phi) is 4.81. The summed E-state index contributed by atoms with van der Waals surface area (Å²) in [4.78, 5) is 7.70. The predicted octanol–water partition coefficient (Wildman–Crippen LogP) is 3.96. The summed E-state index contributed by atoms with van der Waals surface area (Å²) < 4.78 is 16.0. The van der Waals surface area contributed by atoms with Gasteiger partial charge in [-0.2, -0.15) is 5.26 Å². The summed E-state index contributed by atoms with van der Waals surface area (Å²) in [5, 5.41) is 9.61. The summed E-state index contributed by atoms with van der Waals surface area (Å²) in [6.45, 7) is 2.01. The SMILES string of the molecule is COc1cc(/C=C(/C#N)c2nc3ccc(C)cc3[nH]2)cc(OC)c1OC. The average molecular weight is 349 g/mol. The van der Waals surface area contributed by atoms with Crippen LogP contribution in [0.25, 0.3) is 22.7 Å². The first-order valence-electron chi connectivity index (χ1n) is 7.98. The van der Waals surface area contributed by atoms with Gasteiger partial charge in [0.15, 0.2) is 11.5 Å². The lowest BCUT2D eigenvalue weighted by Crippen LogP contribution is -1.96. The zero-order valence-electron chi connectivity index (χ0n) is 15.1. The van der Waals surface area contributed by atoms with E-state index in [2.05, 4.69) is 16.0 Å². The van der Waals surface area contributed by atoms with Crippen LogP contribution in [0.4, 0.5) is 0 Å². The Bertz CT molecular complexity index is 1000. The van der Waals surface area contributed by atoms with Gasteiger partial charge in [-0.25, -0.2) is 4.98 Å². The number of nitriles is 1. The Hall–Kier alpha value is -3.46. The molecule has 0 amide bonds. The number of imidazole rings is 1. The molecule has 0 saturated heterocycles. The number of aromatic nitrogens is 2. The lowest BCUT2D eigenvalue weighted by atomic mass is 10.1. The highest BCUT2D eigenvalue weighted by molar-refractivity contribution is 5.90. The van der Waals surface area contributed by atoms with Crippen molar-refractivity contribution in [3.05, 3.63) is 47.3 Å². The van der Waals surface area contributed by atoms with Gasteiger partial charge in [-0.1, -0.05) is 6.07 Å². The molecule has 0 radical (unpaired) electrons. The number of hydrogen-bond acceptors (Lipinski definition) is 5. The number of allylic oxidation sites excluding steroid dienone is 1. The molecule has 3 rings (SSSR count). The molecule has 1 aromatic heterocycles. The molecule has 132 valence electrons. The summed E-state index contributed by atoms with van der Waals surface area (Å²) in [5.74, 6) is 2.07. The molecule has 26 heavy (non-hydrogen) atoms. The molecule has 0 aliphatic carbocycles. The molecule has 1 heterocycles. The molecule has 0 aliphatic heterocycles. The van der Waals surface area contributed by atoms with Crippen molar-refractivity contribution in [2.45, 2.75) is 6.92 Å². The monoisotopic (exact) mass is 349 g/mol. The van der Waals surface area contributed by atoms with E-state index in [1.54, 1.807) is 39.5 Å². The molecular weight excluding hydrogens is 330 g/mol. The van der Waals surface area contributed by atoms with E-state index in [-0.39, 0.29) is 0 Å². The van der Waals surface area contributed by atoms with E-state index in [4.69, 9.17) is 14.2 Å². The highest BCUT2D eigenvalue weighted by Gasteiger charge is 2.14. The van der Waals surface area contributed by atoms with Crippen LogP contribution in [0.3, 0.4) is 0 Å². The lowest BCUT2D eigenvalue weighted by molar-refractivity contribution is 0.324. The average Bonchev–Trinajstić information content (AvgIpc) is 3.07. The van der Waals surface area contributed by atoms with Gasteiger partial charge in [0, 0.05) is 0 Å². The van der Waals surface area contributed by atoms with Crippen LogP contribution in [0.5, 0.6) is 17.2 Å². The fraction of sp³-hybridized carbons (Fsp3) is 0.200. The Morgan fingerprint density at radius 3 is 2.35 bits per heavy atom. The minimum absolute atomic E-state index is 0.410. The number of nitrogens with one attached hydrogen (secondary N) is 1. The summed E-state index contributed by atoms with van der Waals surface area (Å²) in [5.41, 5.74) is 3.99. The number of ether oxygens (including phenoxy) is 3. The van der Waals surface area contributed by atoms with Gasteiger partial charge in [0.05, 0.1) is 37.9 Å². The fourth-order valence-electron chi connectivity index (χ4n) is 2.76. The normalized spacial score (nSPS) is 11.3. The molecule has 3 aromatic rings. The lowest BCUT2D eigenvalue weighted by Gasteiger charge is -2.13. The van der Waals surface area contributed by atoms with Crippen LogP contribution >= 0.6 is 0 Å². The number of methoxy groups -OCH3 is 3. The van der Waals surface area contributed by atoms with Gasteiger partial charge >= 0.3 is 0 Å². The molecule has 1 N–H and O–H groups in total. The first-order chi connectivity index (χ1) is 12.6. The van der Waals surface area contributed by atoms with E-state index >= 15 is 0 Å². The predicted molar refractivity (Wildman–Crippen MR) is 100 cm³/mol. The summed E-state index contributed by atoms with van der Waals surface area (Å²) >= 11 is 0. The second-order valence-corrected chi connectivity index (χ2v) is 5.73. The standard InChI is InChI=1S/C20H19N3O3/c1-12-5-6-15-16(7-12)23-20(22-15)14(11-21)8-13-9-17(24-2)19(26-4)18(10-13)25-3/h5-10H,1-4H3,(H,22,23)/b14-8-. The van der Waals surface area contributed by atoms with Gasteiger partial charge in [-0.05, 0) is 48.4 Å². The first kappa shape index (κ1) is 17.4. The maximum atomic E-state index is 9.61. The van der Waals surface area contributed by atoms with Gasteiger partial charge in [0.1, 0.15) is 11.9 Å². The number of rotatable bonds is 5. The van der Waals surface area contributed by atoms with Crippen molar-refractivity contribution in [1.82, 2.24) is 9.97 Å². The van der Waals surface area contributed by atoms with E-state index in [0.717, 1.165) is 22.2 Å². The number of aryl methyl sites for hydroxylation is 1. The third-order valence-electron chi connectivity index (χ3n) is 4.01. The second kappa shape index (κ2) is 7.19. The third kappa shape index (κ3) is 3.20. The summed E-state index contributed by atoms with van der Waals surface area (Å²) in [6, 6.07) is 11.7. The van der Waals surface area contributed by atoms with E-state index in [1.807, 2.05) is 25.1 Å². The topological polar surface area (TPSA) is 80.2 Å². The Balaban J connectivity index is 2.09. The zero-order chi connectivity index (χ0) is 18.7. The van der Waals surface area contributed by atoms with Crippen molar-refractivity contribution >= 4 is 22.7 Å². The molecule has 6 nitrogen and oxygen atoms in total. The third-order valence-corrected chi connectivity index (χ3v) is 4.01. The second-order valence-electron chi connectivity index (χ2n) is 5.73. The Morgan fingerprint density at radius 2 is 1.77 bits per heavy atom. The molecule has 0 saturated carbocycles. The van der Waals surface area contributed by atoms with Gasteiger partial charge in [0.2, 0.25) is 5.75 Å². The maximum absolute atomic E-state index is 9.61. The number of H-pyrrole nitrogens is 1. The fourth-order valence-corrected chi connectivity index (χ4v) is 2.76. The van der Waals surface area contributed by atoms with Crippen LogP contribution in [0, 0.1) is 18.3 Å². The van der Waals surface area contributed by atoms with Crippen molar-refractivity contribution in [1.29, 1.82) is 5.26 Å². The smallest absolute Gasteiger partial charge is 0.203 e. The van der Waals surface area contributed by atoms with Crippen LogP contribution in [-0.2, 0) is 0 Å². The molecule has 6 heteroatoms. The number of aromatic amines is 1. The molecule has 0 spiro atoms. The summed E-state index contributed by atoms with van der Waals surface area (Å²) in [6.07, 6.45) is 1.73. The highest BCUT2D eigenvalue weighted by atomic mass is 16.5. The van der Waals surface area contributed by atoms with Crippen LogP contribution in [0.2, 0.25) is 0 Å². The van der Waals surface area contributed by atoms with Crippen molar-refractivity contribution in [2.24, 2.45) is 0 Å². The maximum Gasteiger partial charge on any atom is 0.203 e. The molecule has 0 fully saturated rings. The van der Waals surface area contributed by atoms with Crippen LogP contribution in [0.15, 0.2) is 30.3 Å². The van der Waals surface area contributed by atoms with Crippen LogP contribution in [-0.4, -0.2) is 31.3 Å². The van der Waals surface area contributed by atoms with E-state index in [9.17, 15) is 5.26 Å². The van der Waals surface area contributed by atoms with E-state index in [0.29, 0.717) is 28.6 Å². The quantitative estimate of drug-likeness (QED) is 0.705. The number of fused-ring (bicyclic) bond motifs is 1. The number of hydrogen-bond donors (Lipinski definition) is 1. The van der Waals surface area contributed by atoms with Crippen LogP contribution in [0.1, 0.15) is 17.0 Å². The van der Waals surface area contributed by atoms with Gasteiger partial charge < -0.3 is 19.2 Å². The molecular formula is C20H19N3O3. The van der Waals surface area contributed by atoms with E-state index in [1.165, 1.54) is 0 Å². The molecule has 0 unspecified atom stereocenters.